The molecule has 0 aliphatic rings. The molecular formula is C13H13NO2S. The zero-order valence-electron chi connectivity index (χ0n) is 9.73. The monoisotopic (exact) mass is 247 g/mol. The quantitative estimate of drug-likeness (QED) is 0.906. The van der Waals surface area contributed by atoms with Crippen molar-refractivity contribution in [2.45, 2.75) is 20.3 Å². The largest absolute Gasteiger partial charge is 0.481 e. The Morgan fingerprint density at radius 3 is 2.82 bits per heavy atom. The molecule has 0 fully saturated rings. The maximum Gasteiger partial charge on any atom is 0.309 e. The van der Waals surface area contributed by atoms with Crippen molar-refractivity contribution in [1.29, 1.82) is 0 Å². The van der Waals surface area contributed by atoms with Gasteiger partial charge < -0.3 is 5.11 Å². The van der Waals surface area contributed by atoms with Crippen LogP contribution in [-0.4, -0.2) is 16.1 Å². The molecule has 1 aromatic carbocycles. The molecule has 0 amide bonds. The highest BCUT2D eigenvalue weighted by atomic mass is 32.1. The van der Waals surface area contributed by atoms with Gasteiger partial charge in [-0.05, 0) is 19.4 Å². The van der Waals surface area contributed by atoms with Gasteiger partial charge >= 0.3 is 5.97 Å². The number of carboxylic acid groups (broad SMARTS) is 1. The van der Waals surface area contributed by atoms with Gasteiger partial charge in [-0.25, -0.2) is 4.98 Å². The van der Waals surface area contributed by atoms with Gasteiger partial charge in [0.05, 0.1) is 12.1 Å². The van der Waals surface area contributed by atoms with Crippen LogP contribution in [0.3, 0.4) is 0 Å². The summed E-state index contributed by atoms with van der Waals surface area (Å²) in [7, 11) is 0. The smallest absolute Gasteiger partial charge is 0.309 e. The minimum atomic E-state index is -0.845. The first-order valence-corrected chi connectivity index (χ1v) is 6.18. The Balaban J connectivity index is 2.33. The van der Waals surface area contributed by atoms with Crippen LogP contribution >= 0.6 is 11.3 Å². The topological polar surface area (TPSA) is 50.2 Å². The molecule has 88 valence electrons. The summed E-state index contributed by atoms with van der Waals surface area (Å²) in [5.41, 5.74) is 4.09. The van der Waals surface area contributed by atoms with Crippen molar-refractivity contribution >= 4 is 17.3 Å². The number of aryl methyl sites for hydroxylation is 2. The molecule has 0 saturated carbocycles. The second-order valence-electron chi connectivity index (χ2n) is 4.03. The Labute approximate surface area is 104 Å². The molecular weight excluding hydrogens is 234 g/mol. The van der Waals surface area contributed by atoms with E-state index in [0.717, 1.165) is 10.6 Å². The number of aliphatic carboxylic acids is 1. The average molecular weight is 247 g/mol. The Morgan fingerprint density at radius 1 is 1.41 bits per heavy atom. The Morgan fingerprint density at radius 2 is 2.18 bits per heavy atom. The van der Waals surface area contributed by atoms with Crippen molar-refractivity contribution in [3.05, 3.63) is 40.4 Å². The van der Waals surface area contributed by atoms with E-state index in [1.54, 1.807) is 0 Å². The zero-order chi connectivity index (χ0) is 12.4. The highest BCUT2D eigenvalue weighted by molar-refractivity contribution is 7.13. The van der Waals surface area contributed by atoms with Gasteiger partial charge in [0.15, 0.2) is 0 Å². The molecule has 4 heteroatoms. The molecule has 0 aliphatic carbocycles. The summed E-state index contributed by atoms with van der Waals surface area (Å²) in [4.78, 5) is 14.9. The van der Waals surface area contributed by atoms with E-state index in [2.05, 4.69) is 18.0 Å². The van der Waals surface area contributed by atoms with Crippen LogP contribution in [-0.2, 0) is 11.2 Å². The molecule has 0 bridgehead atoms. The van der Waals surface area contributed by atoms with Gasteiger partial charge in [-0.15, -0.1) is 11.3 Å². The van der Waals surface area contributed by atoms with E-state index < -0.39 is 5.97 Å². The second kappa shape index (κ2) is 4.67. The molecule has 0 atom stereocenters. The van der Waals surface area contributed by atoms with E-state index >= 15 is 0 Å². The standard InChI is InChI=1S/C13H13NO2S/c1-8-3-4-11(9(2)5-8)13-14-10(7-17-13)6-12(15)16/h3-5,7H,6H2,1-2H3,(H,15,16). The predicted octanol–water partition coefficient (Wildman–Crippen LogP) is 3.05. The van der Waals surface area contributed by atoms with Gasteiger partial charge in [-0.1, -0.05) is 23.8 Å². The third-order valence-corrected chi connectivity index (χ3v) is 3.42. The summed E-state index contributed by atoms with van der Waals surface area (Å²) in [6.45, 7) is 4.09. The molecule has 0 saturated heterocycles. The van der Waals surface area contributed by atoms with Crippen molar-refractivity contribution in [3.8, 4) is 10.6 Å². The van der Waals surface area contributed by atoms with Crippen molar-refractivity contribution in [1.82, 2.24) is 4.98 Å². The fourth-order valence-electron chi connectivity index (χ4n) is 1.72. The molecule has 0 unspecified atom stereocenters. The van der Waals surface area contributed by atoms with Gasteiger partial charge in [0, 0.05) is 10.9 Å². The maximum atomic E-state index is 10.6. The predicted molar refractivity (Wildman–Crippen MR) is 68.4 cm³/mol. The van der Waals surface area contributed by atoms with E-state index in [1.165, 1.54) is 22.5 Å². The summed E-state index contributed by atoms with van der Waals surface area (Å²) in [6.07, 6.45) is -0.0125. The number of carbonyl (C=O) groups is 1. The first-order valence-electron chi connectivity index (χ1n) is 5.30. The number of rotatable bonds is 3. The molecule has 1 aromatic heterocycles. The van der Waals surface area contributed by atoms with Crippen LogP contribution in [0.1, 0.15) is 16.8 Å². The third-order valence-electron chi connectivity index (χ3n) is 2.50. The van der Waals surface area contributed by atoms with Crippen LogP contribution in [0.2, 0.25) is 0 Å². The lowest BCUT2D eigenvalue weighted by Gasteiger charge is -2.02. The number of thiazole rings is 1. The average Bonchev–Trinajstić information content (AvgIpc) is 2.65. The maximum absolute atomic E-state index is 10.6. The Bertz CT molecular complexity index is 560. The molecule has 1 heterocycles. The highest BCUT2D eigenvalue weighted by Crippen LogP contribution is 2.27. The lowest BCUT2D eigenvalue weighted by atomic mass is 10.1. The van der Waals surface area contributed by atoms with Crippen molar-refractivity contribution in [2.75, 3.05) is 0 Å². The van der Waals surface area contributed by atoms with Crippen molar-refractivity contribution in [3.63, 3.8) is 0 Å². The molecule has 0 spiro atoms. The van der Waals surface area contributed by atoms with E-state index in [9.17, 15) is 4.79 Å². The number of benzene rings is 1. The highest BCUT2D eigenvalue weighted by Gasteiger charge is 2.09. The van der Waals surface area contributed by atoms with E-state index in [0.29, 0.717) is 5.69 Å². The third kappa shape index (κ3) is 2.71. The zero-order valence-corrected chi connectivity index (χ0v) is 10.5. The molecule has 0 radical (unpaired) electrons. The lowest BCUT2D eigenvalue weighted by molar-refractivity contribution is -0.136. The van der Waals surface area contributed by atoms with Crippen LogP contribution in [0.4, 0.5) is 0 Å². The number of hydrogen-bond acceptors (Lipinski definition) is 3. The van der Waals surface area contributed by atoms with Crippen LogP contribution in [0.25, 0.3) is 10.6 Å². The van der Waals surface area contributed by atoms with Crippen LogP contribution in [0.15, 0.2) is 23.6 Å². The number of carboxylic acids is 1. The summed E-state index contributed by atoms with van der Waals surface area (Å²) < 4.78 is 0. The molecule has 2 aromatic rings. The fraction of sp³-hybridized carbons (Fsp3) is 0.231. The van der Waals surface area contributed by atoms with E-state index in [-0.39, 0.29) is 6.42 Å². The van der Waals surface area contributed by atoms with E-state index in [4.69, 9.17) is 5.11 Å². The summed E-state index contributed by atoms with van der Waals surface area (Å²) >= 11 is 1.49. The van der Waals surface area contributed by atoms with Crippen molar-refractivity contribution < 1.29 is 9.90 Å². The Kier molecular flexibility index (Phi) is 3.24. The fourth-order valence-corrected chi connectivity index (χ4v) is 2.63. The van der Waals surface area contributed by atoms with E-state index in [1.807, 2.05) is 24.4 Å². The number of nitrogens with zero attached hydrogens (tertiary/aromatic N) is 1. The van der Waals surface area contributed by atoms with Gasteiger partial charge in [-0.2, -0.15) is 0 Å². The van der Waals surface area contributed by atoms with Gasteiger partial charge in [-0.3, -0.25) is 4.79 Å². The minimum absolute atomic E-state index is 0.0125. The summed E-state index contributed by atoms with van der Waals surface area (Å²) in [5, 5.41) is 11.4. The summed E-state index contributed by atoms with van der Waals surface area (Å²) in [6, 6.07) is 6.18. The normalized spacial score (nSPS) is 10.5. The SMILES string of the molecule is Cc1ccc(-c2nc(CC(=O)O)cs2)c(C)c1. The molecule has 0 aliphatic heterocycles. The number of aromatic nitrogens is 1. The molecule has 1 N–H and O–H groups in total. The molecule has 2 rings (SSSR count). The van der Waals surface area contributed by atoms with Gasteiger partial charge in [0.1, 0.15) is 5.01 Å². The second-order valence-corrected chi connectivity index (χ2v) is 4.89. The summed E-state index contributed by atoms with van der Waals surface area (Å²) in [5.74, 6) is -0.845. The first kappa shape index (κ1) is 11.8. The molecule has 3 nitrogen and oxygen atoms in total. The molecule has 17 heavy (non-hydrogen) atoms. The lowest BCUT2D eigenvalue weighted by Crippen LogP contribution is -1.99. The Hall–Kier alpha value is -1.68. The minimum Gasteiger partial charge on any atom is -0.481 e. The van der Waals surface area contributed by atoms with Gasteiger partial charge in [0.2, 0.25) is 0 Å². The number of hydrogen-bond donors (Lipinski definition) is 1. The first-order chi connectivity index (χ1) is 8.06. The van der Waals surface area contributed by atoms with Crippen molar-refractivity contribution in [2.24, 2.45) is 0 Å². The van der Waals surface area contributed by atoms with Crippen LogP contribution in [0, 0.1) is 13.8 Å². The van der Waals surface area contributed by atoms with Gasteiger partial charge in [0.25, 0.3) is 0 Å². The van der Waals surface area contributed by atoms with Crippen LogP contribution < -0.4 is 0 Å². The van der Waals surface area contributed by atoms with Crippen LogP contribution in [0.5, 0.6) is 0 Å².